The number of hydrogen-bond donors (Lipinski definition) is 1. The summed E-state index contributed by atoms with van der Waals surface area (Å²) in [5, 5.41) is 3.75. The second-order valence-electron chi connectivity index (χ2n) is 6.71. The normalized spacial score (nSPS) is 10.7. The summed E-state index contributed by atoms with van der Waals surface area (Å²) in [7, 11) is 0. The molecule has 2 aromatic carbocycles. The van der Waals surface area contributed by atoms with Gasteiger partial charge in [0.15, 0.2) is 0 Å². The largest absolute Gasteiger partial charge is 0.492 e. The van der Waals surface area contributed by atoms with Gasteiger partial charge in [-0.2, -0.15) is 0 Å². The van der Waals surface area contributed by atoms with Gasteiger partial charge in [-0.3, -0.25) is 9.78 Å². The van der Waals surface area contributed by atoms with E-state index in [0.29, 0.717) is 24.4 Å². The minimum atomic E-state index is -0.159. The standard InChI is InChI=1S/C24H21N3O2/c1-17-7-6-8-18(15-17)29-14-13-26-24(28)20-16-23(22-11-4-5-12-25-22)27-21-10-3-2-9-19(20)21/h2-12,15-16H,13-14H2,1H3,(H,26,28). The van der Waals surface area contributed by atoms with Crippen LogP contribution in [0, 0.1) is 6.92 Å². The first-order valence-electron chi connectivity index (χ1n) is 9.49. The summed E-state index contributed by atoms with van der Waals surface area (Å²) in [5.74, 6) is 0.639. The predicted octanol–water partition coefficient (Wildman–Crippen LogP) is 4.41. The molecular weight excluding hydrogens is 362 g/mol. The van der Waals surface area contributed by atoms with Crippen LogP contribution < -0.4 is 10.1 Å². The average Bonchev–Trinajstić information content (AvgIpc) is 2.76. The van der Waals surface area contributed by atoms with Crippen LogP contribution in [-0.2, 0) is 0 Å². The zero-order valence-corrected chi connectivity index (χ0v) is 16.1. The van der Waals surface area contributed by atoms with E-state index in [1.807, 2.05) is 73.7 Å². The molecule has 0 fully saturated rings. The second kappa shape index (κ2) is 8.52. The molecule has 0 aliphatic rings. The molecule has 2 heterocycles. The molecule has 5 nitrogen and oxygen atoms in total. The van der Waals surface area contributed by atoms with Crippen LogP contribution in [0.25, 0.3) is 22.3 Å². The van der Waals surface area contributed by atoms with Crippen molar-refractivity contribution in [3.8, 4) is 17.1 Å². The van der Waals surface area contributed by atoms with Crippen LogP contribution in [-0.4, -0.2) is 29.0 Å². The minimum absolute atomic E-state index is 0.159. The van der Waals surface area contributed by atoms with E-state index in [2.05, 4.69) is 15.3 Å². The Morgan fingerprint density at radius 3 is 2.66 bits per heavy atom. The molecule has 0 aliphatic heterocycles. The topological polar surface area (TPSA) is 64.1 Å². The number of fused-ring (bicyclic) bond motifs is 1. The number of nitrogens with zero attached hydrogens (tertiary/aromatic N) is 2. The van der Waals surface area contributed by atoms with Crippen LogP contribution in [0.4, 0.5) is 0 Å². The molecule has 0 radical (unpaired) electrons. The molecule has 0 unspecified atom stereocenters. The number of ether oxygens (including phenoxy) is 1. The Kier molecular flexibility index (Phi) is 5.47. The molecule has 4 aromatic rings. The van der Waals surface area contributed by atoms with Gasteiger partial charge in [-0.05, 0) is 48.9 Å². The lowest BCUT2D eigenvalue weighted by Gasteiger charge is -2.11. The van der Waals surface area contributed by atoms with Gasteiger partial charge < -0.3 is 10.1 Å². The van der Waals surface area contributed by atoms with Gasteiger partial charge in [0.25, 0.3) is 5.91 Å². The van der Waals surface area contributed by atoms with Crippen LogP contribution >= 0.6 is 0 Å². The number of aromatic nitrogens is 2. The van der Waals surface area contributed by atoms with Gasteiger partial charge in [0.1, 0.15) is 12.4 Å². The minimum Gasteiger partial charge on any atom is -0.492 e. The number of amides is 1. The molecule has 0 aliphatic carbocycles. The maximum Gasteiger partial charge on any atom is 0.252 e. The third-order valence-corrected chi connectivity index (χ3v) is 4.53. The molecule has 144 valence electrons. The molecule has 0 spiro atoms. The fraction of sp³-hybridized carbons (Fsp3) is 0.125. The maximum absolute atomic E-state index is 12.9. The molecular formula is C24H21N3O2. The lowest BCUT2D eigenvalue weighted by molar-refractivity contribution is 0.0948. The maximum atomic E-state index is 12.9. The molecule has 29 heavy (non-hydrogen) atoms. The predicted molar refractivity (Wildman–Crippen MR) is 114 cm³/mol. The van der Waals surface area contributed by atoms with E-state index < -0.39 is 0 Å². The van der Waals surface area contributed by atoms with E-state index in [0.717, 1.165) is 27.9 Å². The number of benzene rings is 2. The first-order chi connectivity index (χ1) is 14.2. The van der Waals surface area contributed by atoms with Crippen molar-refractivity contribution in [3.63, 3.8) is 0 Å². The van der Waals surface area contributed by atoms with E-state index in [-0.39, 0.29) is 5.91 Å². The number of carbonyl (C=O) groups excluding carboxylic acids is 1. The lowest BCUT2D eigenvalue weighted by atomic mass is 10.1. The van der Waals surface area contributed by atoms with Crippen LogP contribution in [0.1, 0.15) is 15.9 Å². The van der Waals surface area contributed by atoms with Crippen molar-refractivity contribution in [1.82, 2.24) is 15.3 Å². The van der Waals surface area contributed by atoms with Crippen molar-refractivity contribution in [1.29, 1.82) is 0 Å². The van der Waals surface area contributed by atoms with E-state index >= 15 is 0 Å². The molecule has 2 aromatic heterocycles. The average molecular weight is 383 g/mol. The summed E-state index contributed by atoms with van der Waals surface area (Å²) in [5.41, 5.74) is 3.88. The Morgan fingerprint density at radius 2 is 1.83 bits per heavy atom. The van der Waals surface area contributed by atoms with Crippen molar-refractivity contribution in [3.05, 3.63) is 90.1 Å². The first kappa shape index (κ1) is 18.6. The summed E-state index contributed by atoms with van der Waals surface area (Å²) >= 11 is 0. The Hall–Kier alpha value is -3.73. The SMILES string of the molecule is Cc1cccc(OCCNC(=O)c2cc(-c3ccccn3)nc3ccccc23)c1. The molecule has 1 amide bonds. The molecule has 1 N–H and O–H groups in total. The van der Waals surface area contributed by atoms with Crippen LogP contribution in [0.5, 0.6) is 5.75 Å². The Morgan fingerprint density at radius 1 is 0.966 bits per heavy atom. The number of carbonyl (C=O) groups is 1. The molecule has 4 rings (SSSR count). The highest BCUT2D eigenvalue weighted by Gasteiger charge is 2.14. The van der Waals surface area contributed by atoms with Crippen molar-refractivity contribution in [2.45, 2.75) is 6.92 Å². The van der Waals surface area contributed by atoms with E-state index in [4.69, 9.17) is 4.74 Å². The molecule has 0 atom stereocenters. The number of aryl methyl sites for hydroxylation is 1. The highest BCUT2D eigenvalue weighted by molar-refractivity contribution is 6.07. The van der Waals surface area contributed by atoms with Crippen LogP contribution in [0.3, 0.4) is 0 Å². The van der Waals surface area contributed by atoms with Gasteiger partial charge in [0.05, 0.1) is 29.0 Å². The summed E-state index contributed by atoms with van der Waals surface area (Å²) in [6.07, 6.45) is 1.72. The van der Waals surface area contributed by atoms with E-state index in [1.165, 1.54) is 0 Å². The van der Waals surface area contributed by atoms with Crippen LogP contribution in [0.2, 0.25) is 0 Å². The van der Waals surface area contributed by atoms with Gasteiger partial charge in [-0.1, -0.05) is 36.4 Å². The van der Waals surface area contributed by atoms with Gasteiger partial charge in [0, 0.05) is 11.6 Å². The Labute approximate surface area is 169 Å². The fourth-order valence-electron chi connectivity index (χ4n) is 3.14. The molecule has 0 saturated carbocycles. The zero-order chi connectivity index (χ0) is 20.1. The summed E-state index contributed by atoms with van der Waals surface area (Å²) in [6.45, 7) is 2.82. The summed E-state index contributed by atoms with van der Waals surface area (Å²) in [4.78, 5) is 21.9. The Bertz CT molecular complexity index is 1140. The third-order valence-electron chi connectivity index (χ3n) is 4.53. The van der Waals surface area contributed by atoms with E-state index in [9.17, 15) is 4.79 Å². The molecule has 0 saturated heterocycles. The van der Waals surface area contributed by atoms with Crippen molar-refractivity contribution in [2.75, 3.05) is 13.2 Å². The number of hydrogen-bond acceptors (Lipinski definition) is 4. The van der Waals surface area contributed by atoms with Gasteiger partial charge in [0.2, 0.25) is 0 Å². The van der Waals surface area contributed by atoms with Crippen molar-refractivity contribution >= 4 is 16.8 Å². The van der Waals surface area contributed by atoms with Gasteiger partial charge in [-0.25, -0.2) is 4.98 Å². The third kappa shape index (κ3) is 4.41. The highest BCUT2D eigenvalue weighted by atomic mass is 16.5. The summed E-state index contributed by atoms with van der Waals surface area (Å²) in [6, 6.07) is 22.9. The smallest absolute Gasteiger partial charge is 0.252 e. The fourth-order valence-corrected chi connectivity index (χ4v) is 3.14. The number of nitrogens with one attached hydrogen (secondary N) is 1. The monoisotopic (exact) mass is 383 g/mol. The summed E-state index contributed by atoms with van der Waals surface area (Å²) < 4.78 is 5.72. The molecule has 0 bridgehead atoms. The van der Waals surface area contributed by atoms with Crippen molar-refractivity contribution in [2.24, 2.45) is 0 Å². The number of para-hydroxylation sites is 1. The Balaban J connectivity index is 1.52. The molecule has 5 heteroatoms. The van der Waals surface area contributed by atoms with E-state index in [1.54, 1.807) is 12.3 Å². The second-order valence-corrected chi connectivity index (χ2v) is 6.71. The highest BCUT2D eigenvalue weighted by Crippen LogP contribution is 2.23. The lowest BCUT2D eigenvalue weighted by Crippen LogP contribution is -2.28. The quantitative estimate of drug-likeness (QED) is 0.501. The zero-order valence-electron chi connectivity index (χ0n) is 16.1. The van der Waals surface area contributed by atoms with Gasteiger partial charge in [-0.15, -0.1) is 0 Å². The number of rotatable bonds is 6. The number of pyridine rings is 2. The van der Waals surface area contributed by atoms with Crippen LogP contribution in [0.15, 0.2) is 79.0 Å². The van der Waals surface area contributed by atoms with Gasteiger partial charge >= 0.3 is 0 Å². The van der Waals surface area contributed by atoms with Crippen molar-refractivity contribution < 1.29 is 9.53 Å². The first-order valence-corrected chi connectivity index (χ1v) is 9.49.